The summed E-state index contributed by atoms with van der Waals surface area (Å²) in [5, 5.41) is 6.83. The molecule has 1 aromatic rings. The predicted octanol–water partition coefficient (Wildman–Crippen LogP) is 3.42. The van der Waals surface area contributed by atoms with Gasteiger partial charge < -0.3 is 15.2 Å². The second-order valence-electron chi connectivity index (χ2n) is 7.96. The van der Waals surface area contributed by atoms with E-state index in [4.69, 9.17) is 0 Å². The molecule has 0 aromatic carbocycles. The van der Waals surface area contributed by atoms with Crippen LogP contribution < -0.4 is 10.6 Å². The minimum Gasteiger partial charge on any atom is -0.354 e. The molecule has 1 heterocycles. The summed E-state index contributed by atoms with van der Waals surface area (Å²) in [5.74, 6) is 2.49. The fourth-order valence-electron chi connectivity index (χ4n) is 2.38. The molecule has 0 bridgehead atoms. The first-order valence-electron chi connectivity index (χ1n) is 8.68. The Labute approximate surface area is 142 Å². The summed E-state index contributed by atoms with van der Waals surface area (Å²) < 4.78 is 2.20. The van der Waals surface area contributed by atoms with Crippen molar-refractivity contribution in [1.29, 1.82) is 0 Å². The van der Waals surface area contributed by atoms with Crippen LogP contribution in [0.5, 0.6) is 0 Å². The van der Waals surface area contributed by atoms with Gasteiger partial charge in [-0.05, 0) is 31.1 Å². The standard InChI is InChI=1S/C18H35N5/c1-14(2)13-23-11-10-20-16(23)12-21-17(19-7)22-15(3)8-9-18(4,5)6/h10-11,14-15H,8-9,12-13H2,1-7H3,(H2,19,21,22). The number of hydrogen-bond acceptors (Lipinski definition) is 2. The van der Waals surface area contributed by atoms with E-state index >= 15 is 0 Å². The summed E-state index contributed by atoms with van der Waals surface area (Å²) in [7, 11) is 1.81. The van der Waals surface area contributed by atoms with Crippen LogP contribution in [0.3, 0.4) is 0 Å². The molecule has 2 N–H and O–H groups in total. The molecule has 0 aliphatic carbocycles. The molecule has 0 saturated carbocycles. The van der Waals surface area contributed by atoms with Gasteiger partial charge in [0.05, 0.1) is 6.54 Å². The molecule has 23 heavy (non-hydrogen) atoms. The Hall–Kier alpha value is -1.52. The van der Waals surface area contributed by atoms with Crippen LogP contribution in [0.2, 0.25) is 0 Å². The first kappa shape index (κ1) is 19.5. The van der Waals surface area contributed by atoms with E-state index < -0.39 is 0 Å². The van der Waals surface area contributed by atoms with Crippen LogP contribution >= 0.6 is 0 Å². The van der Waals surface area contributed by atoms with Gasteiger partial charge in [0.25, 0.3) is 0 Å². The molecule has 132 valence electrons. The summed E-state index contributed by atoms with van der Waals surface area (Å²) in [6.07, 6.45) is 6.23. The van der Waals surface area contributed by atoms with Gasteiger partial charge in [-0.3, -0.25) is 4.99 Å². The Bertz CT molecular complexity index is 482. The van der Waals surface area contributed by atoms with Crippen molar-refractivity contribution in [3.8, 4) is 0 Å². The second-order valence-corrected chi connectivity index (χ2v) is 7.96. The van der Waals surface area contributed by atoms with Crippen LogP contribution in [0, 0.1) is 11.3 Å². The molecule has 5 heteroatoms. The third kappa shape index (κ3) is 8.05. The van der Waals surface area contributed by atoms with Gasteiger partial charge in [0, 0.05) is 32.0 Å². The molecule has 0 aliphatic rings. The summed E-state index contributed by atoms with van der Waals surface area (Å²) >= 11 is 0. The first-order chi connectivity index (χ1) is 10.7. The Balaban J connectivity index is 2.47. The van der Waals surface area contributed by atoms with E-state index in [1.807, 2.05) is 19.4 Å². The van der Waals surface area contributed by atoms with E-state index in [2.05, 4.69) is 66.7 Å². The van der Waals surface area contributed by atoms with Crippen LogP contribution in [0.15, 0.2) is 17.4 Å². The highest BCUT2D eigenvalue weighted by molar-refractivity contribution is 5.79. The van der Waals surface area contributed by atoms with E-state index in [9.17, 15) is 0 Å². The highest BCUT2D eigenvalue weighted by Gasteiger charge is 2.13. The molecule has 0 spiro atoms. The molecule has 0 amide bonds. The van der Waals surface area contributed by atoms with E-state index in [-0.39, 0.29) is 0 Å². The molecule has 1 atom stereocenters. The van der Waals surface area contributed by atoms with Gasteiger partial charge in [0.15, 0.2) is 5.96 Å². The maximum atomic E-state index is 4.44. The van der Waals surface area contributed by atoms with Gasteiger partial charge in [-0.15, -0.1) is 0 Å². The fraction of sp³-hybridized carbons (Fsp3) is 0.778. The van der Waals surface area contributed by atoms with Crippen molar-refractivity contribution >= 4 is 5.96 Å². The summed E-state index contributed by atoms with van der Waals surface area (Å²) in [4.78, 5) is 8.76. The lowest BCUT2D eigenvalue weighted by atomic mass is 9.89. The van der Waals surface area contributed by atoms with Gasteiger partial charge in [-0.1, -0.05) is 34.6 Å². The van der Waals surface area contributed by atoms with E-state index in [0.717, 1.165) is 24.7 Å². The van der Waals surface area contributed by atoms with Gasteiger partial charge >= 0.3 is 0 Å². The summed E-state index contributed by atoms with van der Waals surface area (Å²) in [5.41, 5.74) is 0.370. The fourth-order valence-corrected chi connectivity index (χ4v) is 2.38. The van der Waals surface area contributed by atoms with Crippen molar-refractivity contribution in [2.45, 2.75) is 73.5 Å². The maximum Gasteiger partial charge on any atom is 0.191 e. The van der Waals surface area contributed by atoms with Crippen LogP contribution in [0.25, 0.3) is 0 Å². The lowest BCUT2D eigenvalue weighted by Crippen LogP contribution is -2.42. The van der Waals surface area contributed by atoms with Crippen LogP contribution in [0.4, 0.5) is 0 Å². The maximum absolute atomic E-state index is 4.44. The quantitative estimate of drug-likeness (QED) is 0.597. The topological polar surface area (TPSA) is 54.2 Å². The number of nitrogens with zero attached hydrogens (tertiary/aromatic N) is 3. The van der Waals surface area contributed by atoms with Crippen molar-refractivity contribution in [3.63, 3.8) is 0 Å². The minimum atomic E-state index is 0.370. The van der Waals surface area contributed by atoms with Crippen molar-refractivity contribution < 1.29 is 0 Å². The lowest BCUT2D eigenvalue weighted by Gasteiger charge is -2.23. The Kier molecular flexibility index (Phi) is 7.59. The number of hydrogen-bond donors (Lipinski definition) is 2. The number of aliphatic imine (C=N–C) groups is 1. The number of aromatic nitrogens is 2. The van der Waals surface area contributed by atoms with Crippen LogP contribution in [-0.4, -0.2) is 28.6 Å². The number of nitrogens with one attached hydrogen (secondary N) is 2. The third-order valence-electron chi connectivity index (χ3n) is 3.71. The minimum absolute atomic E-state index is 0.370. The van der Waals surface area contributed by atoms with Crippen LogP contribution in [-0.2, 0) is 13.1 Å². The second kappa shape index (κ2) is 8.94. The summed E-state index contributed by atoms with van der Waals surface area (Å²) in [6.45, 7) is 15.2. The first-order valence-corrected chi connectivity index (χ1v) is 8.68. The lowest BCUT2D eigenvalue weighted by molar-refractivity contribution is 0.346. The zero-order valence-electron chi connectivity index (χ0n) is 16.0. The van der Waals surface area contributed by atoms with Gasteiger partial charge in [-0.2, -0.15) is 0 Å². The van der Waals surface area contributed by atoms with Crippen LogP contribution in [0.1, 0.15) is 60.2 Å². The van der Waals surface area contributed by atoms with Gasteiger partial charge in [-0.25, -0.2) is 4.98 Å². The van der Waals surface area contributed by atoms with Crippen molar-refractivity contribution in [1.82, 2.24) is 20.2 Å². The molecule has 1 unspecified atom stereocenters. The van der Waals surface area contributed by atoms with Gasteiger partial charge in [0.2, 0.25) is 0 Å². The molecular weight excluding hydrogens is 286 g/mol. The van der Waals surface area contributed by atoms with Gasteiger partial charge in [0.1, 0.15) is 5.82 Å². The smallest absolute Gasteiger partial charge is 0.191 e. The number of rotatable bonds is 7. The zero-order valence-corrected chi connectivity index (χ0v) is 16.0. The Morgan fingerprint density at radius 1 is 1.30 bits per heavy atom. The normalized spacial score (nSPS) is 14.2. The summed E-state index contributed by atoms with van der Waals surface area (Å²) in [6, 6.07) is 0.399. The Morgan fingerprint density at radius 2 is 2.00 bits per heavy atom. The van der Waals surface area contributed by atoms with Crippen molar-refractivity contribution in [2.75, 3.05) is 7.05 Å². The van der Waals surface area contributed by atoms with E-state index in [1.165, 1.54) is 6.42 Å². The number of guanidine groups is 1. The molecule has 0 aliphatic heterocycles. The third-order valence-corrected chi connectivity index (χ3v) is 3.71. The highest BCUT2D eigenvalue weighted by Crippen LogP contribution is 2.21. The zero-order chi connectivity index (χ0) is 17.5. The highest BCUT2D eigenvalue weighted by atomic mass is 15.2. The average Bonchev–Trinajstić information content (AvgIpc) is 2.87. The van der Waals surface area contributed by atoms with Crippen molar-refractivity contribution in [2.24, 2.45) is 16.3 Å². The molecule has 5 nitrogen and oxygen atoms in total. The largest absolute Gasteiger partial charge is 0.354 e. The molecular formula is C18H35N5. The monoisotopic (exact) mass is 321 g/mol. The molecule has 0 fully saturated rings. The molecule has 1 rings (SSSR count). The molecule has 1 aromatic heterocycles. The Morgan fingerprint density at radius 3 is 2.57 bits per heavy atom. The average molecular weight is 322 g/mol. The predicted molar refractivity (Wildman–Crippen MR) is 98.6 cm³/mol. The van der Waals surface area contributed by atoms with E-state index in [1.54, 1.807) is 0 Å². The number of imidazole rings is 1. The molecule has 0 saturated heterocycles. The van der Waals surface area contributed by atoms with Crippen molar-refractivity contribution in [3.05, 3.63) is 18.2 Å². The SMILES string of the molecule is CN=C(NCc1nccn1CC(C)C)NC(C)CCC(C)(C)C. The molecule has 0 radical (unpaired) electrons. The van der Waals surface area contributed by atoms with E-state index in [0.29, 0.717) is 23.9 Å².